The zero-order valence-electron chi connectivity index (χ0n) is 14.6. The van der Waals surface area contributed by atoms with Crippen molar-refractivity contribution in [3.8, 4) is 0 Å². The highest BCUT2D eigenvalue weighted by Gasteiger charge is 2.38. The van der Waals surface area contributed by atoms with Crippen molar-refractivity contribution in [3.63, 3.8) is 0 Å². The Labute approximate surface area is 152 Å². The number of unbranched alkanes of at least 4 members (excludes halogenated alkanes) is 2. The average Bonchev–Trinajstić information content (AvgIpc) is 2.70. The minimum atomic E-state index is -2.06. The molecule has 0 saturated carbocycles. The second-order valence-electron chi connectivity index (χ2n) is 6.54. The molecule has 2 heteroatoms. The molecule has 3 rings (SSSR count). The van der Waals surface area contributed by atoms with E-state index in [9.17, 15) is 0 Å². The van der Waals surface area contributed by atoms with Crippen LogP contribution >= 0.6 is 0 Å². The van der Waals surface area contributed by atoms with Crippen LogP contribution in [0.4, 0.5) is 0 Å². The van der Waals surface area contributed by atoms with E-state index in [4.69, 9.17) is 5.11 Å². The van der Waals surface area contributed by atoms with Crippen molar-refractivity contribution >= 4 is 23.6 Å². The summed E-state index contributed by atoms with van der Waals surface area (Å²) in [4.78, 5) is 0. The summed E-state index contributed by atoms with van der Waals surface area (Å²) < 4.78 is 0. The molecule has 0 fully saturated rings. The molecule has 128 valence electrons. The van der Waals surface area contributed by atoms with Crippen LogP contribution in [0, 0.1) is 0 Å². The predicted octanol–water partition coefficient (Wildman–Crippen LogP) is 3.32. The van der Waals surface area contributed by atoms with Crippen molar-refractivity contribution < 1.29 is 5.11 Å². The molecule has 0 heterocycles. The Kier molecular flexibility index (Phi) is 6.21. The van der Waals surface area contributed by atoms with Gasteiger partial charge < -0.3 is 5.11 Å². The summed E-state index contributed by atoms with van der Waals surface area (Å²) in [6.45, 7) is 0.288. The van der Waals surface area contributed by atoms with Gasteiger partial charge in [0.05, 0.1) is 0 Å². The van der Waals surface area contributed by atoms with E-state index in [2.05, 4.69) is 91.0 Å². The van der Waals surface area contributed by atoms with Crippen LogP contribution in [0.5, 0.6) is 0 Å². The van der Waals surface area contributed by atoms with Crippen LogP contribution in [-0.4, -0.2) is 19.8 Å². The van der Waals surface area contributed by atoms with Gasteiger partial charge in [-0.15, -0.1) is 0 Å². The molecule has 3 aromatic carbocycles. The molecule has 0 aromatic heterocycles. The number of aliphatic hydroxyl groups excluding tert-OH is 1. The molecule has 0 spiro atoms. The molecule has 0 aliphatic carbocycles. The monoisotopic (exact) mass is 346 g/mol. The molecule has 0 saturated heterocycles. The SMILES string of the molecule is OCCCCC[Si](c1ccccc1)(c1ccccc1)c1ccccc1. The van der Waals surface area contributed by atoms with Crippen molar-refractivity contribution in [3.05, 3.63) is 91.0 Å². The fourth-order valence-electron chi connectivity index (χ4n) is 3.78. The number of rotatable bonds is 8. The molecule has 0 bridgehead atoms. The fourth-order valence-corrected chi connectivity index (χ4v) is 8.71. The van der Waals surface area contributed by atoms with Crippen molar-refractivity contribution in [1.29, 1.82) is 0 Å². The zero-order chi connectivity index (χ0) is 17.4. The van der Waals surface area contributed by atoms with Gasteiger partial charge in [0.15, 0.2) is 0 Å². The van der Waals surface area contributed by atoms with E-state index in [0.29, 0.717) is 0 Å². The molecule has 0 atom stereocenters. The van der Waals surface area contributed by atoms with E-state index < -0.39 is 8.07 Å². The molecular formula is C23H26OSi. The number of benzene rings is 3. The van der Waals surface area contributed by atoms with Crippen molar-refractivity contribution in [2.75, 3.05) is 6.61 Å². The summed E-state index contributed by atoms with van der Waals surface area (Å²) in [7, 11) is -2.06. The predicted molar refractivity (Wildman–Crippen MR) is 110 cm³/mol. The van der Waals surface area contributed by atoms with Crippen molar-refractivity contribution in [2.45, 2.75) is 25.3 Å². The van der Waals surface area contributed by atoms with Gasteiger partial charge in [0.1, 0.15) is 8.07 Å². The first-order valence-corrected chi connectivity index (χ1v) is 11.4. The zero-order valence-corrected chi connectivity index (χ0v) is 15.6. The molecule has 0 aliphatic heterocycles. The molecule has 3 aromatic rings. The Morgan fingerprint density at radius 1 is 0.520 bits per heavy atom. The van der Waals surface area contributed by atoms with Crippen molar-refractivity contribution in [2.24, 2.45) is 0 Å². The average molecular weight is 347 g/mol. The maximum Gasteiger partial charge on any atom is 0.148 e. The van der Waals surface area contributed by atoms with Gasteiger partial charge in [0.2, 0.25) is 0 Å². The first-order chi connectivity index (χ1) is 12.4. The fraction of sp³-hybridized carbons (Fsp3) is 0.217. The topological polar surface area (TPSA) is 20.2 Å². The number of aliphatic hydroxyl groups is 1. The van der Waals surface area contributed by atoms with E-state index in [-0.39, 0.29) is 6.61 Å². The number of hydrogen-bond acceptors (Lipinski definition) is 1. The van der Waals surface area contributed by atoms with Gasteiger partial charge in [-0.2, -0.15) is 0 Å². The summed E-state index contributed by atoms with van der Waals surface area (Å²) in [6.07, 6.45) is 3.12. The maximum atomic E-state index is 9.16. The van der Waals surface area contributed by atoms with Gasteiger partial charge in [0.25, 0.3) is 0 Å². The quantitative estimate of drug-likeness (QED) is 0.377. The summed E-state index contributed by atoms with van der Waals surface area (Å²) in [6, 6.07) is 34.3. The summed E-state index contributed by atoms with van der Waals surface area (Å²) >= 11 is 0. The smallest absolute Gasteiger partial charge is 0.148 e. The van der Waals surface area contributed by atoms with Crippen LogP contribution in [0.3, 0.4) is 0 Å². The van der Waals surface area contributed by atoms with E-state index in [0.717, 1.165) is 19.3 Å². The Hall–Kier alpha value is -2.16. The molecule has 0 radical (unpaired) electrons. The lowest BCUT2D eigenvalue weighted by molar-refractivity contribution is 0.284. The highest BCUT2D eigenvalue weighted by molar-refractivity contribution is 7.11. The van der Waals surface area contributed by atoms with Crippen molar-refractivity contribution in [1.82, 2.24) is 0 Å². The molecule has 0 unspecified atom stereocenters. The summed E-state index contributed by atoms with van der Waals surface area (Å²) in [5.41, 5.74) is 0. The van der Waals surface area contributed by atoms with E-state index in [1.807, 2.05) is 0 Å². The number of hydrogen-bond donors (Lipinski definition) is 1. The highest BCUT2D eigenvalue weighted by atomic mass is 28.3. The van der Waals surface area contributed by atoms with Gasteiger partial charge in [0, 0.05) is 6.61 Å². The molecule has 0 amide bonds. The molecule has 1 N–H and O–H groups in total. The standard InChI is InChI=1S/C23H26OSi/c24-19-11-4-12-20-25(21-13-5-1-6-14-21,22-15-7-2-8-16-22)23-17-9-3-10-18-23/h1-3,5-10,13-18,24H,4,11-12,19-20H2. The third kappa shape index (κ3) is 3.92. The van der Waals surface area contributed by atoms with Gasteiger partial charge in [-0.3, -0.25) is 0 Å². The summed E-state index contributed by atoms with van der Waals surface area (Å²) in [5.74, 6) is 0. The Bertz CT molecular complexity index is 644. The van der Waals surface area contributed by atoms with Gasteiger partial charge >= 0.3 is 0 Å². The van der Waals surface area contributed by atoms with Crippen LogP contribution in [0.25, 0.3) is 0 Å². The minimum Gasteiger partial charge on any atom is -0.396 e. The van der Waals surface area contributed by atoms with Gasteiger partial charge in [-0.25, -0.2) is 0 Å². The first-order valence-electron chi connectivity index (χ1n) is 9.15. The van der Waals surface area contributed by atoms with Crippen LogP contribution in [-0.2, 0) is 0 Å². The highest BCUT2D eigenvalue weighted by Crippen LogP contribution is 2.17. The van der Waals surface area contributed by atoms with E-state index >= 15 is 0 Å². The minimum absolute atomic E-state index is 0.288. The third-order valence-corrected chi connectivity index (χ3v) is 10.1. The van der Waals surface area contributed by atoms with Crippen LogP contribution in [0.15, 0.2) is 91.0 Å². The maximum absolute atomic E-state index is 9.16. The lowest BCUT2D eigenvalue weighted by Crippen LogP contribution is -2.66. The van der Waals surface area contributed by atoms with Gasteiger partial charge in [-0.05, 0) is 28.0 Å². The second-order valence-corrected chi connectivity index (χ2v) is 10.6. The van der Waals surface area contributed by atoms with Crippen LogP contribution < -0.4 is 15.6 Å². The lowest BCUT2D eigenvalue weighted by Gasteiger charge is -2.34. The lowest BCUT2D eigenvalue weighted by atomic mass is 10.3. The van der Waals surface area contributed by atoms with Crippen LogP contribution in [0.1, 0.15) is 19.3 Å². The molecule has 1 nitrogen and oxygen atoms in total. The van der Waals surface area contributed by atoms with Crippen LogP contribution in [0.2, 0.25) is 6.04 Å². The Balaban J connectivity index is 2.13. The van der Waals surface area contributed by atoms with E-state index in [1.165, 1.54) is 21.6 Å². The third-order valence-electron chi connectivity index (χ3n) is 5.01. The Morgan fingerprint density at radius 3 is 1.28 bits per heavy atom. The molecule has 25 heavy (non-hydrogen) atoms. The largest absolute Gasteiger partial charge is 0.396 e. The second kappa shape index (κ2) is 8.79. The first kappa shape index (κ1) is 17.7. The molecular weight excluding hydrogens is 320 g/mol. The normalized spacial score (nSPS) is 11.4. The van der Waals surface area contributed by atoms with Gasteiger partial charge in [-0.1, -0.05) is 104 Å². The van der Waals surface area contributed by atoms with E-state index in [1.54, 1.807) is 0 Å². The molecule has 0 aliphatic rings. The summed E-state index contributed by atoms with van der Waals surface area (Å²) in [5, 5.41) is 13.6. The Morgan fingerprint density at radius 2 is 0.920 bits per heavy atom.